The van der Waals surface area contributed by atoms with Crippen molar-refractivity contribution in [1.82, 2.24) is 4.98 Å². The number of hydrogen-bond donors (Lipinski definition) is 3. The minimum Gasteiger partial charge on any atom is -0.398 e. The molecular formula is C12H12N4. The van der Waals surface area contributed by atoms with Crippen LogP contribution in [0.1, 0.15) is 5.56 Å². The van der Waals surface area contributed by atoms with Gasteiger partial charge >= 0.3 is 0 Å². The lowest BCUT2D eigenvalue weighted by Crippen LogP contribution is -1.94. The SMILES string of the molecule is N=Cc1ccc(-c2ccnc(N)c2)cc1N. The van der Waals surface area contributed by atoms with Gasteiger partial charge in [-0.2, -0.15) is 0 Å². The third kappa shape index (κ3) is 1.86. The number of pyridine rings is 1. The fraction of sp³-hybridized carbons (Fsp3) is 0. The predicted molar refractivity (Wildman–Crippen MR) is 66.4 cm³/mol. The maximum atomic E-state index is 7.16. The predicted octanol–water partition coefficient (Wildman–Crippen LogP) is 1.91. The van der Waals surface area contributed by atoms with Crippen LogP contribution in [0.15, 0.2) is 36.5 Å². The van der Waals surface area contributed by atoms with Crippen LogP contribution in [0, 0.1) is 5.41 Å². The number of rotatable bonds is 2. The number of benzene rings is 1. The molecule has 0 atom stereocenters. The summed E-state index contributed by atoms with van der Waals surface area (Å²) in [6, 6.07) is 9.21. The summed E-state index contributed by atoms with van der Waals surface area (Å²) in [6.07, 6.45) is 2.89. The molecule has 4 nitrogen and oxygen atoms in total. The highest BCUT2D eigenvalue weighted by atomic mass is 14.8. The lowest BCUT2D eigenvalue weighted by molar-refractivity contribution is 1.34. The molecule has 2 aromatic rings. The van der Waals surface area contributed by atoms with Crippen molar-refractivity contribution in [2.24, 2.45) is 0 Å². The van der Waals surface area contributed by atoms with E-state index < -0.39 is 0 Å². The molecule has 0 aliphatic carbocycles. The van der Waals surface area contributed by atoms with Gasteiger partial charge in [0.05, 0.1) is 0 Å². The first-order valence-corrected chi connectivity index (χ1v) is 4.82. The lowest BCUT2D eigenvalue weighted by atomic mass is 10.0. The second-order valence-electron chi connectivity index (χ2n) is 3.46. The second kappa shape index (κ2) is 4.02. The number of nitrogen functional groups attached to an aromatic ring is 2. The third-order valence-corrected chi connectivity index (χ3v) is 2.36. The molecule has 80 valence electrons. The largest absolute Gasteiger partial charge is 0.398 e. The van der Waals surface area contributed by atoms with Gasteiger partial charge in [-0.15, -0.1) is 0 Å². The van der Waals surface area contributed by atoms with Crippen molar-refractivity contribution in [3.05, 3.63) is 42.1 Å². The minimum atomic E-state index is 0.479. The highest BCUT2D eigenvalue weighted by Gasteiger charge is 2.01. The summed E-state index contributed by atoms with van der Waals surface area (Å²) in [5, 5.41) is 7.16. The van der Waals surface area contributed by atoms with E-state index in [0.29, 0.717) is 17.1 Å². The Kier molecular flexibility index (Phi) is 2.55. The normalized spacial score (nSPS) is 10.0. The van der Waals surface area contributed by atoms with Crippen LogP contribution in [-0.4, -0.2) is 11.2 Å². The molecule has 0 radical (unpaired) electrons. The molecule has 0 fully saturated rings. The van der Waals surface area contributed by atoms with Gasteiger partial charge in [0.2, 0.25) is 0 Å². The molecule has 0 bridgehead atoms. The van der Waals surface area contributed by atoms with Gasteiger partial charge < -0.3 is 16.9 Å². The van der Waals surface area contributed by atoms with E-state index in [1.165, 1.54) is 6.21 Å². The fourth-order valence-corrected chi connectivity index (χ4v) is 1.51. The first-order chi connectivity index (χ1) is 7.70. The molecule has 0 saturated heterocycles. The maximum Gasteiger partial charge on any atom is 0.123 e. The van der Waals surface area contributed by atoms with E-state index in [-0.39, 0.29) is 0 Å². The van der Waals surface area contributed by atoms with Crippen molar-refractivity contribution < 1.29 is 0 Å². The zero-order chi connectivity index (χ0) is 11.5. The Bertz CT molecular complexity index is 534. The summed E-state index contributed by atoms with van der Waals surface area (Å²) >= 11 is 0. The first kappa shape index (κ1) is 10.2. The Labute approximate surface area is 93.4 Å². The molecule has 0 aliphatic heterocycles. The molecule has 0 saturated carbocycles. The van der Waals surface area contributed by atoms with Crippen molar-refractivity contribution in [3.63, 3.8) is 0 Å². The number of nitrogens with one attached hydrogen (secondary N) is 1. The van der Waals surface area contributed by atoms with E-state index in [1.807, 2.05) is 24.3 Å². The van der Waals surface area contributed by atoms with Crippen molar-refractivity contribution >= 4 is 17.7 Å². The minimum absolute atomic E-state index is 0.479. The van der Waals surface area contributed by atoms with E-state index in [9.17, 15) is 0 Å². The van der Waals surface area contributed by atoms with Crippen LogP contribution in [0.25, 0.3) is 11.1 Å². The highest BCUT2D eigenvalue weighted by Crippen LogP contribution is 2.23. The van der Waals surface area contributed by atoms with Crippen LogP contribution >= 0.6 is 0 Å². The Morgan fingerprint density at radius 3 is 2.44 bits per heavy atom. The fourth-order valence-electron chi connectivity index (χ4n) is 1.51. The Morgan fingerprint density at radius 2 is 1.81 bits per heavy atom. The second-order valence-corrected chi connectivity index (χ2v) is 3.46. The number of hydrogen-bond acceptors (Lipinski definition) is 4. The summed E-state index contributed by atoms with van der Waals surface area (Å²) in [5.41, 5.74) is 14.7. The molecule has 0 amide bonds. The van der Waals surface area contributed by atoms with E-state index in [4.69, 9.17) is 16.9 Å². The van der Waals surface area contributed by atoms with Crippen LogP contribution in [-0.2, 0) is 0 Å². The number of nitrogens with zero attached hydrogens (tertiary/aromatic N) is 1. The van der Waals surface area contributed by atoms with E-state index >= 15 is 0 Å². The summed E-state index contributed by atoms with van der Waals surface area (Å²) in [4.78, 5) is 3.93. The summed E-state index contributed by atoms with van der Waals surface area (Å²) in [7, 11) is 0. The molecule has 1 aromatic heterocycles. The third-order valence-electron chi connectivity index (χ3n) is 2.36. The molecule has 4 heteroatoms. The Hall–Kier alpha value is -2.36. The van der Waals surface area contributed by atoms with Crippen LogP contribution in [0.3, 0.4) is 0 Å². The monoisotopic (exact) mass is 212 g/mol. The zero-order valence-electron chi connectivity index (χ0n) is 8.64. The number of nitrogens with two attached hydrogens (primary N) is 2. The summed E-state index contributed by atoms with van der Waals surface area (Å²) in [5.74, 6) is 0.479. The topological polar surface area (TPSA) is 88.8 Å². The van der Waals surface area contributed by atoms with Gasteiger partial charge in [0.15, 0.2) is 0 Å². The quantitative estimate of drug-likeness (QED) is 0.524. The van der Waals surface area contributed by atoms with E-state index in [0.717, 1.165) is 11.1 Å². The van der Waals surface area contributed by atoms with Gasteiger partial charge in [-0.3, -0.25) is 0 Å². The molecule has 16 heavy (non-hydrogen) atoms. The molecule has 1 heterocycles. The van der Waals surface area contributed by atoms with Gasteiger partial charge in [0.1, 0.15) is 5.82 Å². The van der Waals surface area contributed by atoms with Crippen molar-refractivity contribution in [3.8, 4) is 11.1 Å². The summed E-state index contributed by atoms with van der Waals surface area (Å²) in [6.45, 7) is 0. The summed E-state index contributed by atoms with van der Waals surface area (Å²) < 4.78 is 0. The molecule has 0 aliphatic rings. The molecule has 1 aromatic carbocycles. The molecule has 0 unspecified atom stereocenters. The van der Waals surface area contributed by atoms with Gasteiger partial charge in [0.25, 0.3) is 0 Å². The average Bonchev–Trinajstić information content (AvgIpc) is 2.29. The number of anilines is 2. The van der Waals surface area contributed by atoms with Crippen molar-refractivity contribution in [1.29, 1.82) is 5.41 Å². The molecule has 5 N–H and O–H groups in total. The highest BCUT2D eigenvalue weighted by molar-refractivity contribution is 5.87. The van der Waals surface area contributed by atoms with Crippen molar-refractivity contribution in [2.45, 2.75) is 0 Å². The lowest BCUT2D eigenvalue weighted by Gasteiger charge is -2.05. The molecule has 2 rings (SSSR count). The van der Waals surface area contributed by atoms with Crippen molar-refractivity contribution in [2.75, 3.05) is 11.5 Å². The first-order valence-electron chi connectivity index (χ1n) is 4.82. The molecular weight excluding hydrogens is 200 g/mol. The zero-order valence-corrected chi connectivity index (χ0v) is 8.64. The van der Waals surface area contributed by atoms with Crippen LogP contribution in [0.2, 0.25) is 0 Å². The molecule has 0 spiro atoms. The van der Waals surface area contributed by atoms with E-state index in [2.05, 4.69) is 4.98 Å². The van der Waals surface area contributed by atoms with Gasteiger partial charge in [0, 0.05) is 23.7 Å². The van der Waals surface area contributed by atoms with Crippen LogP contribution < -0.4 is 11.5 Å². The number of aromatic nitrogens is 1. The van der Waals surface area contributed by atoms with Gasteiger partial charge in [-0.05, 0) is 29.3 Å². The Morgan fingerprint density at radius 1 is 1.06 bits per heavy atom. The Balaban J connectivity index is 2.49. The van der Waals surface area contributed by atoms with Crippen LogP contribution in [0.4, 0.5) is 11.5 Å². The average molecular weight is 212 g/mol. The maximum absolute atomic E-state index is 7.16. The van der Waals surface area contributed by atoms with Gasteiger partial charge in [-0.1, -0.05) is 12.1 Å². The standard InChI is InChI=1S/C12H12N4/c13-7-10-2-1-8(5-11(10)14)9-3-4-16-12(15)6-9/h1-7,13H,14H2,(H2,15,16). The smallest absolute Gasteiger partial charge is 0.123 e. The van der Waals surface area contributed by atoms with E-state index in [1.54, 1.807) is 12.3 Å². The van der Waals surface area contributed by atoms with Crippen LogP contribution in [0.5, 0.6) is 0 Å². The van der Waals surface area contributed by atoms with Gasteiger partial charge in [-0.25, -0.2) is 4.98 Å².